The Hall–Kier alpha value is -1.73. The van der Waals surface area contributed by atoms with E-state index in [1.54, 1.807) is 13.8 Å². The van der Waals surface area contributed by atoms with Crippen molar-refractivity contribution in [1.29, 1.82) is 0 Å². The largest absolute Gasteiger partial charge is 0.465 e. The Kier molecular flexibility index (Phi) is 3.57. The molecule has 118 valence electrons. The summed E-state index contributed by atoms with van der Waals surface area (Å²) in [6, 6.07) is 3.45. The number of carbonyl (C=O) groups is 3. The molecule has 0 radical (unpaired) electrons. The van der Waals surface area contributed by atoms with Crippen LogP contribution in [-0.2, 0) is 19.1 Å². The van der Waals surface area contributed by atoms with Crippen molar-refractivity contribution in [3.8, 4) is 0 Å². The van der Waals surface area contributed by atoms with Crippen LogP contribution < -0.4 is 5.32 Å². The lowest BCUT2D eigenvalue weighted by Gasteiger charge is -2.28. The molecule has 0 aromatic carbocycles. The van der Waals surface area contributed by atoms with Crippen LogP contribution in [0.1, 0.15) is 24.8 Å². The Morgan fingerprint density at radius 3 is 2.77 bits per heavy atom. The second-order valence-electron chi connectivity index (χ2n) is 5.80. The molecule has 2 aliphatic heterocycles. The van der Waals surface area contributed by atoms with Gasteiger partial charge in [0.25, 0.3) is 0 Å². The van der Waals surface area contributed by atoms with Gasteiger partial charge >= 0.3 is 5.97 Å². The molecule has 0 aliphatic carbocycles. The molecule has 2 amide bonds. The minimum Gasteiger partial charge on any atom is -0.465 e. The number of esters is 1. The predicted molar refractivity (Wildman–Crippen MR) is 80.0 cm³/mol. The van der Waals surface area contributed by atoms with Gasteiger partial charge in [0, 0.05) is 11.9 Å². The summed E-state index contributed by atoms with van der Waals surface area (Å²) < 4.78 is 5.14. The topological polar surface area (TPSA) is 75.7 Å². The van der Waals surface area contributed by atoms with Gasteiger partial charge < -0.3 is 4.74 Å². The minimum atomic E-state index is -1.19. The van der Waals surface area contributed by atoms with Gasteiger partial charge in [-0.3, -0.25) is 24.6 Å². The molecule has 3 heterocycles. The van der Waals surface area contributed by atoms with Gasteiger partial charge in [0.1, 0.15) is 5.54 Å². The molecular weight excluding hydrogens is 304 g/mol. The fourth-order valence-corrected chi connectivity index (χ4v) is 4.29. The van der Waals surface area contributed by atoms with Crippen LogP contribution >= 0.6 is 11.3 Å². The van der Waals surface area contributed by atoms with Crippen LogP contribution in [0.25, 0.3) is 0 Å². The lowest BCUT2D eigenvalue weighted by atomic mass is 9.81. The van der Waals surface area contributed by atoms with Crippen molar-refractivity contribution in [2.45, 2.75) is 25.4 Å². The SMILES string of the molecule is CCOC(=O)[C@]1(C)N[C@H](c2cccs2)[C@H]2C(=O)N(C)C(=O)[C@@H]21. The molecule has 2 fully saturated rings. The molecule has 0 unspecified atom stereocenters. The number of thiophene rings is 1. The van der Waals surface area contributed by atoms with E-state index in [1.807, 2.05) is 17.5 Å². The maximum atomic E-state index is 12.5. The third-order valence-electron chi connectivity index (χ3n) is 4.56. The number of rotatable bonds is 3. The first kappa shape index (κ1) is 15.2. The monoisotopic (exact) mass is 322 g/mol. The minimum absolute atomic E-state index is 0.231. The van der Waals surface area contributed by atoms with Gasteiger partial charge in [0.15, 0.2) is 0 Å². The molecular formula is C15H18N2O4S. The molecule has 2 saturated heterocycles. The predicted octanol–water partition coefficient (Wildman–Crippen LogP) is 0.945. The zero-order chi connectivity index (χ0) is 16.1. The van der Waals surface area contributed by atoms with Gasteiger partial charge in [0.2, 0.25) is 11.8 Å². The van der Waals surface area contributed by atoms with E-state index in [0.29, 0.717) is 0 Å². The zero-order valence-electron chi connectivity index (χ0n) is 12.7. The number of nitrogens with one attached hydrogen (secondary N) is 1. The molecule has 4 atom stereocenters. The number of hydrogen-bond acceptors (Lipinski definition) is 6. The van der Waals surface area contributed by atoms with Crippen molar-refractivity contribution < 1.29 is 19.1 Å². The summed E-state index contributed by atoms with van der Waals surface area (Å²) in [5.74, 6) is -2.34. The Labute approximate surface area is 132 Å². The molecule has 7 heteroatoms. The number of amides is 2. The third kappa shape index (κ3) is 1.92. The van der Waals surface area contributed by atoms with E-state index in [9.17, 15) is 14.4 Å². The summed E-state index contributed by atoms with van der Waals surface area (Å²) in [6.07, 6.45) is 0. The number of hydrogen-bond donors (Lipinski definition) is 1. The molecule has 1 N–H and O–H groups in total. The maximum Gasteiger partial charge on any atom is 0.326 e. The summed E-state index contributed by atoms with van der Waals surface area (Å²) in [7, 11) is 1.47. The molecule has 22 heavy (non-hydrogen) atoms. The lowest BCUT2D eigenvalue weighted by Crippen LogP contribution is -2.53. The van der Waals surface area contributed by atoms with Crippen LogP contribution in [0, 0.1) is 11.8 Å². The first-order valence-corrected chi connectivity index (χ1v) is 8.09. The third-order valence-corrected chi connectivity index (χ3v) is 5.51. The molecule has 1 aromatic rings. The summed E-state index contributed by atoms with van der Waals surface area (Å²) in [5, 5.41) is 5.12. The second-order valence-corrected chi connectivity index (χ2v) is 6.78. The number of likely N-dealkylation sites (tertiary alicyclic amines) is 1. The zero-order valence-corrected chi connectivity index (χ0v) is 13.5. The number of fused-ring (bicyclic) bond motifs is 1. The number of ether oxygens (including phenoxy) is 1. The van der Waals surface area contributed by atoms with Crippen molar-refractivity contribution in [1.82, 2.24) is 10.2 Å². The normalized spacial score (nSPS) is 34.1. The van der Waals surface area contributed by atoms with Crippen molar-refractivity contribution >= 4 is 29.1 Å². The summed E-state index contributed by atoms with van der Waals surface area (Å²) in [6.45, 7) is 3.61. The van der Waals surface area contributed by atoms with Crippen molar-refractivity contribution in [2.24, 2.45) is 11.8 Å². The van der Waals surface area contributed by atoms with Gasteiger partial charge in [0.05, 0.1) is 24.5 Å². The van der Waals surface area contributed by atoms with E-state index in [4.69, 9.17) is 4.74 Å². The average molecular weight is 322 g/mol. The number of imide groups is 1. The second kappa shape index (κ2) is 5.17. The highest BCUT2D eigenvalue weighted by Crippen LogP contribution is 2.49. The molecule has 6 nitrogen and oxygen atoms in total. The van der Waals surface area contributed by atoms with E-state index in [0.717, 1.165) is 9.78 Å². The van der Waals surface area contributed by atoms with Gasteiger partial charge in [-0.1, -0.05) is 6.07 Å². The van der Waals surface area contributed by atoms with Gasteiger partial charge in [-0.25, -0.2) is 0 Å². The van der Waals surface area contributed by atoms with Crippen LogP contribution in [0.4, 0.5) is 0 Å². The van der Waals surface area contributed by atoms with Crippen LogP contribution in [0.15, 0.2) is 17.5 Å². The highest BCUT2D eigenvalue weighted by atomic mass is 32.1. The first-order chi connectivity index (χ1) is 10.4. The molecule has 0 spiro atoms. The van der Waals surface area contributed by atoms with Gasteiger partial charge in [-0.15, -0.1) is 11.3 Å². The van der Waals surface area contributed by atoms with E-state index in [1.165, 1.54) is 18.4 Å². The average Bonchev–Trinajstić information content (AvgIpc) is 3.15. The highest BCUT2D eigenvalue weighted by Gasteiger charge is 2.66. The summed E-state index contributed by atoms with van der Waals surface area (Å²) in [5.41, 5.74) is -1.19. The van der Waals surface area contributed by atoms with E-state index in [-0.39, 0.29) is 24.5 Å². The number of nitrogens with zero attached hydrogens (tertiary/aromatic N) is 1. The molecule has 0 bridgehead atoms. The van der Waals surface area contributed by atoms with E-state index >= 15 is 0 Å². The first-order valence-electron chi connectivity index (χ1n) is 7.21. The molecule has 3 rings (SSSR count). The highest BCUT2D eigenvalue weighted by molar-refractivity contribution is 7.10. The van der Waals surface area contributed by atoms with Crippen molar-refractivity contribution in [3.63, 3.8) is 0 Å². The molecule has 2 aliphatic rings. The van der Waals surface area contributed by atoms with Gasteiger partial charge in [-0.2, -0.15) is 0 Å². The Bertz CT molecular complexity index is 629. The van der Waals surface area contributed by atoms with Crippen LogP contribution in [0.2, 0.25) is 0 Å². The van der Waals surface area contributed by atoms with Crippen molar-refractivity contribution in [2.75, 3.05) is 13.7 Å². The Balaban J connectivity index is 2.06. The summed E-state index contributed by atoms with van der Waals surface area (Å²) >= 11 is 1.50. The fourth-order valence-electron chi connectivity index (χ4n) is 3.46. The standard InChI is InChI=1S/C15H18N2O4S/c1-4-21-14(20)15(2)10-9(12(18)17(3)13(10)19)11(16-15)8-6-5-7-22-8/h5-7,9-11,16H,4H2,1-3H3/t9-,10+,11+,15+/m0/s1. The Morgan fingerprint density at radius 1 is 1.45 bits per heavy atom. The van der Waals surface area contributed by atoms with E-state index in [2.05, 4.69) is 5.32 Å². The van der Waals surface area contributed by atoms with Crippen molar-refractivity contribution in [3.05, 3.63) is 22.4 Å². The fraction of sp³-hybridized carbons (Fsp3) is 0.533. The van der Waals surface area contributed by atoms with Crippen LogP contribution in [0.3, 0.4) is 0 Å². The summed E-state index contributed by atoms with van der Waals surface area (Å²) in [4.78, 5) is 39.5. The molecule has 0 saturated carbocycles. The number of carbonyl (C=O) groups excluding carboxylic acids is 3. The van der Waals surface area contributed by atoms with Crippen LogP contribution in [0.5, 0.6) is 0 Å². The smallest absolute Gasteiger partial charge is 0.326 e. The Morgan fingerprint density at radius 2 is 2.18 bits per heavy atom. The molecule has 1 aromatic heterocycles. The quantitative estimate of drug-likeness (QED) is 0.662. The lowest BCUT2D eigenvalue weighted by molar-refractivity contribution is -0.155. The van der Waals surface area contributed by atoms with Crippen LogP contribution in [-0.4, -0.2) is 41.9 Å². The van der Waals surface area contributed by atoms with Gasteiger partial charge in [-0.05, 0) is 25.3 Å². The van der Waals surface area contributed by atoms with E-state index < -0.39 is 23.3 Å². The maximum absolute atomic E-state index is 12.5.